The van der Waals surface area contributed by atoms with Gasteiger partial charge in [0.25, 0.3) is 0 Å². The van der Waals surface area contributed by atoms with Crippen LogP contribution in [0.3, 0.4) is 0 Å². The van der Waals surface area contributed by atoms with Gasteiger partial charge in [-0.15, -0.1) is 11.6 Å². The summed E-state index contributed by atoms with van der Waals surface area (Å²) in [6, 6.07) is 6.34. The second-order valence-electron chi connectivity index (χ2n) is 5.68. The molecular weight excluding hydrogens is 256 g/mol. The quantitative estimate of drug-likeness (QED) is 0.634. The van der Waals surface area contributed by atoms with Gasteiger partial charge in [0.05, 0.1) is 12.0 Å². The molecule has 1 aliphatic rings. The molecule has 2 rings (SSSR count). The molecule has 0 radical (unpaired) electrons. The van der Waals surface area contributed by atoms with Crippen LogP contribution < -0.4 is 4.74 Å². The minimum atomic E-state index is 0.0875. The highest BCUT2D eigenvalue weighted by atomic mass is 35.5. The fourth-order valence-corrected chi connectivity index (χ4v) is 3.46. The van der Waals surface area contributed by atoms with Crippen molar-refractivity contribution in [2.75, 3.05) is 6.61 Å². The van der Waals surface area contributed by atoms with Crippen molar-refractivity contribution in [3.05, 3.63) is 29.3 Å². The lowest BCUT2D eigenvalue weighted by atomic mass is 9.85. The minimum Gasteiger partial charge on any atom is -0.494 e. The Bertz CT molecular complexity index is 396. The van der Waals surface area contributed by atoms with Crippen LogP contribution in [0.2, 0.25) is 0 Å². The van der Waals surface area contributed by atoms with Crippen LogP contribution >= 0.6 is 11.6 Å². The monoisotopic (exact) mass is 280 g/mol. The van der Waals surface area contributed by atoms with Crippen LogP contribution in [0.4, 0.5) is 0 Å². The lowest BCUT2D eigenvalue weighted by Gasteiger charge is -2.25. The highest BCUT2D eigenvalue weighted by Gasteiger charge is 2.21. The Morgan fingerprint density at radius 2 is 2.00 bits per heavy atom. The Morgan fingerprint density at radius 3 is 2.68 bits per heavy atom. The second-order valence-corrected chi connectivity index (χ2v) is 6.21. The number of aryl methyl sites for hydroxylation is 1. The third-order valence-corrected chi connectivity index (χ3v) is 4.48. The summed E-state index contributed by atoms with van der Waals surface area (Å²) < 4.78 is 5.72. The molecule has 106 valence electrons. The van der Waals surface area contributed by atoms with Crippen LogP contribution in [0.15, 0.2) is 18.2 Å². The molecule has 1 saturated carbocycles. The SMILES string of the molecule is CCOc1ccc(C)cc1C(Cl)CC1CCCCC1. The van der Waals surface area contributed by atoms with E-state index in [1.54, 1.807) is 0 Å². The zero-order chi connectivity index (χ0) is 13.7. The summed E-state index contributed by atoms with van der Waals surface area (Å²) in [4.78, 5) is 0. The topological polar surface area (TPSA) is 9.23 Å². The number of halogens is 1. The molecule has 1 aromatic rings. The van der Waals surface area contributed by atoms with Gasteiger partial charge in [-0.2, -0.15) is 0 Å². The summed E-state index contributed by atoms with van der Waals surface area (Å²) in [5, 5.41) is 0.0875. The molecule has 0 amide bonds. The first-order valence-corrected chi connectivity index (χ1v) is 8.01. The number of alkyl halides is 1. The van der Waals surface area contributed by atoms with Gasteiger partial charge < -0.3 is 4.74 Å². The lowest BCUT2D eigenvalue weighted by Crippen LogP contribution is -2.09. The van der Waals surface area contributed by atoms with Gasteiger partial charge in [0, 0.05) is 5.56 Å². The molecule has 0 heterocycles. The van der Waals surface area contributed by atoms with Gasteiger partial charge in [0.1, 0.15) is 5.75 Å². The minimum absolute atomic E-state index is 0.0875. The van der Waals surface area contributed by atoms with E-state index in [1.807, 2.05) is 6.92 Å². The third kappa shape index (κ3) is 4.14. The average Bonchev–Trinajstić information content (AvgIpc) is 2.42. The maximum atomic E-state index is 6.67. The Balaban J connectivity index is 2.07. The van der Waals surface area contributed by atoms with E-state index >= 15 is 0 Å². The van der Waals surface area contributed by atoms with Crippen molar-refractivity contribution in [2.24, 2.45) is 5.92 Å². The van der Waals surface area contributed by atoms with Gasteiger partial charge in [-0.3, -0.25) is 0 Å². The van der Waals surface area contributed by atoms with Gasteiger partial charge in [-0.25, -0.2) is 0 Å². The van der Waals surface area contributed by atoms with Crippen molar-refractivity contribution in [2.45, 2.75) is 57.7 Å². The van der Waals surface area contributed by atoms with Gasteiger partial charge in [-0.05, 0) is 32.3 Å². The van der Waals surface area contributed by atoms with Crippen molar-refractivity contribution in [1.82, 2.24) is 0 Å². The molecule has 2 heteroatoms. The fourth-order valence-electron chi connectivity index (χ4n) is 3.04. The molecule has 0 aliphatic heterocycles. The maximum Gasteiger partial charge on any atom is 0.123 e. The van der Waals surface area contributed by atoms with E-state index in [0.29, 0.717) is 6.61 Å². The van der Waals surface area contributed by atoms with Crippen molar-refractivity contribution < 1.29 is 4.74 Å². The average molecular weight is 281 g/mol. The Morgan fingerprint density at radius 1 is 1.26 bits per heavy atom. The lowest BCUT2D eigenvalue weighted by molar-refractivity contribution is 0.322. The smallest absolute Gasteiger partial charge is 0.123 e. The molecule has 1 aromatic carbocycles. The van der Waals surface area contributed by atoms with Crippen molar-refractivity contribution in [1.29, 1.82) is 0 Å². The van der Waals surface area contributed by atoms with E-state index in [0.717, 1.165) is 18.1 Å². The first-order valence-electron chi connectivity index (χ1n) is 7.58. The molecule has 0 aromatic heterocycles. The molecule has 0 saturated heterocycles. The van der Waals surface area contributed by atoms with E-state index in [2.05, 4.69) is 25.1 Å². The standard InChI is InChI=1S/C17H25ClO/c1-3-19-17-10-9-13(2)11-15(17)16(18)12-14-7-5-4-6-8-14/h9-11,14,16H,3-8,12H2,1-2H3. The predicted molar refractivity (Wildman–Crippen MR) is 82.1 cm³/mol. The molecule has 1 aliphatic carbocycles. The van der Waals surface area contributed by atoms with E-state index < -0.39 is 0 Å². The van der Waals surface area contributed by atoms with Gasteiger partial charge in [-0.1, -0.05) is 49.8 Å². The highest BCUT2D eigenvalue weighted by molar-refractivity contribution is 6.21. The summed E-state index contributed by atoms with van der Waals surface area (Å²) in [5.41, 5.74) is 2.43. The summed E-state index contributed by atoms with van der Waals surface area (Å²) >= 11 is 6.67. The first-order chi connectivity index (χ1) is 9.20. The molecule has 1 unspecified atom stereocenters. The molecule has 1 atom stereocenters. The van der Waals surface area contributed by atoms with Gasteiger partial charge >= 0.3 is 0 Å². The van der Waals surface area contributed by atoms with Crippen LogP contribution in [-0.2, 0) is 0 Å². The number of ether oxygens (including phenoxy) is 1. The molecule has 1 nitrogen and oxygen atoms in total. The second kappa shape index (κ2) is 7.19. The number of hydrogen-bond donors (Lipinski definition) is 0. The summed E-state index contributed by atoms with van der Waals surface area (Å²) in [7, 11) is 0. The number of benzene rings is 1. The van der Waals surface area contributed by atoms with Crippen molar-refractivity contribution in [3.63, 3.8) is 0 Å². The Labute approximate surface area is 122 Å². The van der Waals surface area contributed by atoms with Gasteiger partial charge in [0.2, 0.25) is 0 Å². The van der Waals surface area contributed by atoms with Gasteiger partial charge in [0.15, 0.2) is 0 Å². The van der Waals surface area contributed by atoms with E-state index in [9.17, 15) is 0 Å². The zero-order valence-electron chi connectivity index (χ0n) is 12.1. The maximum absolute atomic E-state index is 6.67. The molecule has 19 heavy (non-hydrogen) atoms. The first kappa shape index (κ1) is 14.7. The molecule has 1 fully saturated rings. The van der Waals surface area contributed by atoms with E-state index in [4.69, 9.17) is 16.3 Å². The summed E-state index contributed by atoms with van der Waals surface area (Å²) in [6.45, 7) is 4.83. The summed E-state index contributed by atoms with van der Waals surface area (Å²) in [5.74, 6) is 1.76. The fraction of sp³-hybridized carbons (Fsp3) is 0.647. The molecule has 0 N–H and O–H groups in total. The van der Waals surface area contributed by atoms with E-state index in [1.165, 1.54) is 43.2 Å². The predicted octanol–water partition coefficient (Wildman–Crippen LogP) is 5.64. The van der Waals surface area contributed by atoms with Crippen LogP contribution in [0, 0.1) is 12.8 Å². The Hall–Kier alpha value is -0.690. The Kier molecular flexibility index (Phi) is 5.57. The normalized spacial score (nSPS) is 18.3. The summed E-state index contributed by atoms with van der Waals surface area (Å²) in [6.07, 6.45) is 7.93. The number of rotatable bonds is 5. The number of hydrogen-bond acceptors (Lipinski definition) is 1. The van der Waals surface area contributed by atoms with Crippen LogP contribution in [-0.4, -0.2) is 6.61 Å². The van der Waals surface area contributed by atoms with Crippen LogP contribution in [0.1, 0.15) is 62.0 Å². The molecule has 0 bridgehead atoms. The van der Waals surface area contributed by atoms with Crippen molar-refractivity contribution >= 4 is 11.6 Å². The van der Waals surface area contributed by atoms with Crippen LogP contribution in [0.5, 0.6) is 5.75 Å². The molecule has 0 spiro atoms. The zero-order valence-corrected chi connectivity index (χ0v) is 12.9. The van der Waals surface area contributed by atoms with Crippen molar-refractivity contribution in [3.8, 4) is 5.75 Å². The third-order valence-electron chi connectivity index (χ3n) is 4.07. The largest absolute Gasteiger partial charge is 0.494 e. The molecular formula is C17H25ClO. The highest BCUT2D eigenvalue weighted by Crippen LogP contribution is 2.39. The van der Waals surface area contributed by atoms with E-state index in [-0.39, 0.29) is 5.38 Å². The van der Waals surface area contributed by atoms with Crippen LogP contribution in [0.25, 0.3) is 0 Å².